The number of piperazine rings is 1. The lowest BCUT2D eigenvalue weighted by molar-refractivity contribution is -0.148. The Bertz CT molecular complexity index is 533. The first-order chi connectivity index (χ1) is 10.0. The topological polar surface area (TPSA) is 72.9 Å². The van der Waals surface area contributed by atoms with Crippen molar-refractivity contribution in [2.75, 3.05) is 38.1 Å². The quantitative estimate of drug-likeness (QED) is 0.802. The van der Waals surface area contributed by atoms with Crippen LogP contribution in [0, 0.1) is 0 Å². The largest absolute Gasteiger partial charge is 0.474 e. The zero-order valence-electron chi connectivity index (χ0n) is 12.4. The van der Waals surface area contributed by atoms with Crippen molar-refractivity contribution in [2.45, 2.75) is 13.0 Å². The summed E-state index contributed by atoms with van der Waals surface area (Å²) < 4.78 is 0. The maximum atomic E-state index is 11.7. The molecule has 2 rings (SSSR count). The Hall–Kier alpha value is -1.92. The Kier molecular flexibility index (Phi) is 4.93. The predicted molar refractivity (Wildman–Crippen MR) is 80.3 cm³/mol. The van der Waals surface area contributed by atoms with E-state index in [1.54, 1.807) is 13.0 Å². The van der Waals surface area contributed by atoms with E-state index in [1.165, 1.54) is 4.90 Å². The molecule has 1 unspecified atom stereocenters. The van der Waals surface area contributed by atoms with Gasteiger partial charge in [0, 0.05) is 37.9 Å². The molecular formula is C15H21N3O3. The SMILES string of the molecule is CCN(C(=O)C(=O)O)c1cccc(C2CN(C)CCN2)c1. The van der Waals surface area contributed by atoms with Gasteiger partial charge < -0.3 is 20.2 Å². The normalized spacial score (nSPS) is 19.2. The minimum absolute atomic E-state index is 0.197. The molecule has 0 radical (unpaired) electrons. The lowest BCUT2D eigenvalue weighted by Crippen LogP contribution is -2.43. The highest BCUT2D eigenvalue weighted by atomic mass is 16.4. The number of carbonyl (C=O) groups excluding carboxylic acids is 1. The van der Waals surface area contributed by atoms with Crippen molar-refractivity contribution in [1.29, 1.82) is 0 Å². The average Bonchev–Trinajstić information content (AvgIpc) is 2.48. The van der Waals surface area contributed by atoms with Crippen molar-refractivity contribution in [3.05, 3.63) is 29.8 Å². The first-order valence-corrected chi connectivity index (χ1v) is 7.09. The summed E-state index contributed by atoms with van der Waals surface area (Å²) in [6, 6.07) is 7.71. The van der Waals surface area contributed by atoms with E-state index in [9.17, 15) is 9.59 Å². The summed E-state index contributed by atoms with van der Waals surface area (Å²) >= 11 is 0. The molecule has 0 aliphatic carbocycles. The number of nitrogens with one attached hydrogen (secondary N) is 1. The maximum absolute atomic E-state index is 11.7. The molecule has 1 aliphatic heterocycles. The number of carboxylic acid groups (broad SMARTS) is 1. The van der Waals surface area contributed by atoms with Crippen molar-refractivity contribution in [1.82, 2.24) is 10.2 Å². The third-order valence-electron chi connectivity index (χ3n) is 3.71. The number of nitrogens with zero attached hydrogens (tertiary/aromatic N) is 2. The second kappa shape index (κ2) is 6.69. The van der Waals surface area contributed by atoms with Crippen LogP contribution in [0.15, 0.2) is 24.3 Å². The molecule has 1 fully saturated rings. The van der Waals surface area contributed by atoms with Crippen LogP contribution >= 0.6 is 0 Å². The molecule has 1 saturated heterocycles. The highest BCUT2D eigenvalue weighted by molar-refractivity contribution is 6.37. The number of aliphatic carboxylic acids is 1. The molecule has 1 amide bonds. The van der Waals surface area contributed by atoms with Crippen LogP contribution in [0.25, 0.3) is 0 Å². The third kappa shape index (κ3) is 3.59. The number of carbonyl (C=O) groups is 2. The summed E-state index contributed by atoms with van der Waals surface area (Å²) in [4.78, 5) is 26.1. The van der Waals surface area contributed by atoms with E-state index in [0.717, 1.165) is 25.2 Å². The van der Waals surface area contributed by atoms with Gasteiger partial charge in [0.15, 0.2) is 0 Å². The third-order valence-corrected chi connectivity index (χ3v) is 3.71. The fourth-order valence-electron chi connectivity index (χ4n) is 2.59. The Labute approximate surface area is 124 Å². The van der Waals surface area contributed by atoms with E-state index < -0.39 is 11.9 Å². The van der Waals surface area contributed by atoms with Gasteiger partial charge in [-0.3, -0.25) is 4.79 Å². The van der Waals surface area contributed by atoms with Crippen LogP contribution in [0.4, 0.5) is 5.69 Å². The minimum atomic E-state index is -1.43. The number of likely N-dealkylation sites (N-methyl/N-ethyl adjacent to an activating group) is 2. The van der Waals surface area contributed by atoms with Gasteiger partial charge in [-0.25, -0.2) is 4.79 Å². The summed E-state index contributed by atoms with van der Waals surface area (Å²) in [6.45, 7) is 4.90. The molecule has 0 spiro atoms. The van der Waals surface area contributed by atoms with Gasteiger partial charge >= 0.3 is 11.9 Å². The summed E-state index contributed by atoms with van der Waals surface area (Å²) in [7, 11) is 2.07. The molecule has 21 heavy (non-hydrogen) atoms. The molecule has 114 valence electrons. The first-order valence-electron chi connectivity index (χ1n) is 7.09. The van der Waals surface area contributed by atoms with Gasteiger partial charge in [0.1, 0.15) is 0 Å². The summed E-state index contributed by atoms with van der Waals surface area (Å²) in [5.74, 6) is -2.33. The van der Waals surface area contributed by atoms with Crippen molar-refractivity contribution < 1.29 is 14.7 Å². The van der Waals surface area contributed by atoms with Gasteiger partial charge in [0.05, 0.1) is 0 Å². The number of rotatable bonds is 3. The molecule has 1 heterocycles. The van der Waals surface area contributed by atoms with Crippen LogP contribution in [0.3, 0.4) is 0 Å². The summed E-state index contributed by atoms with van der Waals surface area (Å²) in [5.41, 5.74) is 1.69. The zero-order valence-corrected chi connectivity index (χ0v) is 12.4. The Balaban J connectivity index is 2.23. The van der Waals surface area contributed by atoms with Crippen LogP contribution in [0.5, 0.6) is 0 Å². The van der Waals surface area contributed by atoms with Gasteiger partial charge in [-0.2, -0.15) is 0 Å². The number of amides is 1. The number of hydrogen-bond acceptors (Lipinski definition) is 4. The smallest absolute Gasteiger partial charge is 0.394 e. The van der Waals surface area contributed by atoms with Gasteiger partial charge in [-0.15, -0.1) is 0 Å². The monoisotopic (exact) mass is 291 g/mol. The molecule has 0 saturated carbocycles. The molecule has 2 N–H and O–H groups in total. The van der Waals surface area contributed by atoms with Gasteiger partial charge in [-0.05, 0) is 31.7 Å². The van der Waals surface area contributed by atoms with Crippen molar-refractivity contribution >= 4 is 17.6 Å². The van der Waals surface area contributed by atoms with Gasteiger partial charge in [-0.1, -0.05) is 12.1 Å². The molecule has 1 atom stereocenters. The van der Waals surface area contributed by atoms with Crippen LogP contribution in [0.1, 0.15) is 18.5 Å². The first kappa shape index (κ1) is 15.5. The van der Waals surface area contributed by atoms with E-state index in [2.05, 4.69) is 17.3 Å². The number of benzene rings is 1. The van der Waals surface area contributed by atoms with E-state index in [-0.39, 0.29) is 6.04 Å². The second-order valence-electron chi connectivity index (χ2n) is 5.22. The Morgan fingerprint density at radius 3 is 2.86 bits per heavy atom. The van der Waals surface area contributed by atoms with E-state index >= 15 is 0 Å². The van der Waals surface area contributed by atoms with E-state index in [4.69, 9.17) is 5.11 Å². The number of carboxylic acids is 1. The number of anilines is 1. The highest BCUT2D eigenvalue weighted by Crippen LogP contribution is 2.22. The molecule has 1 aliphatic rings. The van der Waals surface area contributed by atoms with E-state index in [0.29, 0.717) is 12.2 Å². The zero-order chi connectivity index (χ0) is 15.4. The molecule has 0 bridgehead atoms. The van der Waals surface area contributed by atoms with E-state index in [1.807, 2.05) is 18.2 Å². The number of hydrogen-bond donors (Lipinski definition) is 2. The summed E-state index contributed by atoms with van der Waals surface area (Å²) in [5, 5.41) is 12.3. The molecule has 6 heteroatoms. The lowest BCUT2D eigenvalue weighted by atomic mass is 10.0. The highest BCUT2D eigenvalue weighted by Gasteiger charge is 2.23. The van der Waals surface area contributed by atoms with Crippen LogP contribution in [-0.2, 0) is 9.59 Å². The summed E-state index contributed by atoms with van der Waals surface area (Å²) in [6.07, 6.45) is 0. The second-order valence-corrected chi connectivity index (χ2v) is 5.22. The maximum Gasteiger partial charge on any atom is 0.394 e. The van der Waals surface area contributed by atoms with Crippen molar-refractivity contribution in [2.24, 2.45) is 0 Å². The molecule has 1 aromatic carbocycles. The van der Waals surface area contributed by atoms with Crippen molar-refractivity contribution in [3.8, 4) is 0 Å². The molecule has 0 aromatic heterocycles. The van der Waals surface area contributed by atoms with Crippen LogP contribution < -0.4 is 10.2 Å². The minimum Gasteiger partial charge on any atom is -0.474 e. The fraction of sp³-hybridized carbons (Fsp3) is 0.467. The van der Waals surface area contributed by atoms with Gasteiger partial charge in [0.25, 0.3) is 0 Å². The Morgan fingerprint density at radius 1 is 1.48 bits per heavy atom. The van der Waals surface area contributed by atoms with Crippen LogP contribution in [0.2, 0.25) is 0 Å². The predicted octanol–water partition coefficient (Wildman–Crippen LogP) is 0.700. The Morgan fingerprint density at radius 2 is 2.24 bits per heavy atom. The fourth-order valence-corrected chi connectivity index (χ4v) is 2.59. The van der Waals surface area contributed by atoms with Crippen molar-refractivity contribution in [3.63, 3.8) is 0 Å². The van der Waals surface area contributed by atoms with Crippen LogP contribution in [-0.4, -0.2) is 55.1 Å². The average molecular weight is 291 g/mol. The van der Waals surface area contributed by atoms with Gasteiger partial charge in [0.2, 0.25) is 0 Å². The molecule has 1 aromatic rings. The standard InChI is InChI=1S/C15H21N3O3/c1-3-18(14(19)15(20)21)12-6-4-5-11(9-12)13-10-17(2)8-7-16-13/h4-6,9,13,16H,3,7-8,10H2,1-2H3,(H,20,21). The molecule has 6 nitrogen and oxygen atoms in total. The molecular weight excluding hydrogens is 270 g/mol. The lowest BCUT2D eigenvalue weighted by Gasteiger charge is -2.31.